The van der Waals surface area contributed by atoms with Crippen LogP contribution in [0.2, 0.25) is 0 Å². The van der Waals surface area contributed by atoms with Crippen LogP contribution >= 0.6 is 12.2 Å². The molecule has 0 aliphatic rings. The smallest absolute Gasteiger partial charge is 0.180 e. The van der Waals surface area contributed by atoms with E-state index in [-0.39, 0.29) is 11.7 Å². The van der Waals surface area contributed by atoms with Crippen LogP contribution in [0.25, 0.3) is 11.2 Å². The predicted molar refractivity (Wildman–Crippen MR) is 112 cm³/mol. The lowest BCUT2D eigenvalue weighted by molar-refractivity contribution is 0.628. The summed E-state index contributed by atoms with van der Waals surface area (Å²) < 4.78 is 13.8. The molecule has 0 spiro atoms. The van der Waals surface area contributed by atoms with Crippen LogP contribution in [0.5, 0.6) is 0 Å². The van der Waals surface area contributed by atoms with Gasteiger partial charge in [0, 0.05) is 18.5 Å². The third kappa shape index (κ3) is 4.32. The number of imidazole rings is 1. The first-order valence-corrected chi connectivity index (χ1v) is 9.27. The van der Waals surface area contributed by atoms with Crippen LogP contribution in [0.3, 0.4) is 0 Å². The van der Waals surface area contributed by atoms with Gasteiger partial charge in [0.1, 0.15) is 29.8 Å². The quantitative estimate of drug-likeness (QED) is 0.415. The van der Waals surface area contributed by atoms with Crippen molar-refractivity contribution >= 4 is 45.6 Å². The zero-order valence-corrected chi connectivity index (χ0v) is 16.2. The number of thiocarbonyl (C=S) groups is 1. The molecule has 29 heavy (non-hydrogen) atoms. The molecule has 3 heterocycles. The predicted octanol–water partition coefficient (Wildman–Crippen LogP) is 3.64. The van der Waals surface area contributed by atoms with Gasteiger partial charge in [-0.05, 0) is 24.3 Å². The Kier molecular flexibility index (Phi) is 5.34. The molecule has 0 radical (unpaired) electrons. The van der Waals surface area contributed by atoms with E-state index in [9.17, 15) is 4.39 Å². The van der Waals surface area contributed by atoms with Crippen LogP contribution in [0.4, 0.5) is 21.6 Å². The monoisotopic (exact) mass is 408 g/mol. The molecule has 0 bridgehead atoms. The molecule has 0 amide bonds. The Hall–Kier alpha value is -3.53. The van der Waals surface area contributed by atoms with Crippen molar-refractivity contribution in [1.29, 1.82) is 0 Å². The highest BCUT2D eigenvalue weighted by Crippen LogP contribution is 2.27. The Morgan fingerprint density at radius 1 is 1.14 bits per heavy atom. The van der Waals surface area contributed by atoms with Crippen molar-refractivity contribution in [2.24, 2.45) is 5.92 Å². The van der Waals surface area contributed by atoms with Gasteiger partial charge in [0.15, 0.2) is 5.65 Å². The van der Waals surface area contributed by atoms with E-state index in [1.165, 1.54) is 24.8 Å². The summed E-state index contributed by atoms with van der Waals surface area (Å²) in [7, 11) is 0. The fourth-order valence-corrected chi connectivity index (χ4v) is 3.03. The lowest BCUT2D eigenvalue weighted by Crippen LogP contribution is -2.21. The van der Waals surface area contributed by atoms with Gasteiger partial charge in [-0.15, -0.1) is 0 Å². The molecule has 3 aromatic heterocycles. The number of anilines is 3. The van der Waals surface area contributed by atoms with E-state index in [1.807, 2.05) is 6.92 Å². The first-order valence-electron chi connectivity index (χ1n) is 8.86. The van der Waals surface area contributed by atoms with Crippen molar-refractivity contribution in [3.05, 3.63) is 61.0 Å². The van der Waals surface area contributed by atoms with E-state index in [0.717, 1.165) is 11.2 Å². The minimum atomic E-state index is -0.367. The summed E-state index contributed by atoms with van der Waals surface area (Å²) in [6.45, 7) is 2.00. The second kappa shape index (κ2) is 8.23. The Morgan fingerprint density at radius 3 is 2.86 bits per heavy atom. The molecule has 1 atom stereocenters. The molecule has 4 aromatic rings. The zero-order valence-electron chi connectivity index (χ0n) is 15.4. The molecular weight excluding hydrogens is 391 g/mol. The number of benzene rings is 1. The molecule has 0 aliphatic heterocycles. The number of nitrogens with zero attached hydrogens (tertiary/aromatic N) is 5. The largest absolute Gasteiger partial charge is 0.348 e. The van der Waals surface area contributed by atoms with Gasteiger partial charge in [0.05, 0.1) is 28.4 Å². The van der Waals surface area contributed by atoms with Gasteiger partial charge in [-0.2, -0.15) is 0 Å². The fourth-order valence-electron chi connectivity index (χ4n) is 2.84. The number of rotatable bonds is 6. The van der Waals surface area contributed by atoms with Gasteiger partial charge in [-0.3, -0.25) is 0 Å². The van der Waals surface area contributed by atoms with Crippen molar-refractivity contribution in [1.82, 2.24) is 29.9 Å². The maximum Gasteiger partial charge on any atom is 0.180 e. The SMILES string of the molecule is C[C@H](Cc1ncnc2nc[nH]c12)C(=S)Nc1ccc(F)cc1Nc1ccncn1. The highest BCUT2D eigenvalue weighted by atomic mass is 32.1. The summed E-state index contributed by atoms with van der Waals surface area (Å²) in [6.07, 6.45) is 6.70. The lowest BCUT2D eigenvalue weighted by Gasteiger charge is -2.18. The van der Waals surface area contributed by atoms with Crippen molar-refractivity contribution in [3.63, 3.8) is 0 Å². The summed E-state index contributed by atoms with van der Waals surface area (Å²) in [4.78, 5) is 24.3. The number of aromatic nitrogens is 6. The summed E-state index contributed by atoms with van der Waals surface area (Å²) in [6, 6.07) is 6.09. The second-order valence-corrected chi connectivity index (χ2v) is 6.87. The molecule has 0 saturated heterocycles. The molecular formula is C19H17FN8S. The van der Waals surface area contributed by atoms with E-state index < -0.39 is 0 Å². The topological polar surface area (TPSA) is 104 Å². The molecule has 0 saturated carbocycles. The van der Waals surface area contributed by atoms with Crippen LogP contribution in [0.1, 0.15) is 12.6 Å². The fraction of sp³-hybridized carbons (Fsp3) is 0.158. The molecule has 0 fully saturated rings. The first-order chi connectivity index (χ1) is 14.1. The number of nitrogens with one attached hydrogen (secondary N) is 3. The molecule has 3 N–H and O–H groups in total. The molecule has 146 valence electrons. The third-order valence-corrected chi connectivity index (χ3v) is 4.84. The minimum Gasteiger partial charge on any atom is -0.348 e. The van der Waals surface area contributed by atoms with Crippen molar-refractivity contribution in [2.45, 2.75) is 13.3 Å². The highest BCUT2D eigenvalue weighted by Gasteiger charge is 2.16. The third-order valence-electron chi connectivity index (χ3n) is 4.33. The lowest BCUT2D eigenvalue weighted by atomic mass is 10.0. The standard InChI is InChI=1S/C19H17FN8S/c1-11(6-15-17-18(25-9-22-15)26-10-24-17)19(29)28-13-3-2-12(20)7-14(13)27-16-4-5-21-8-23-16/h2-5,7-11H,6H2,1H3,(H,28,29)(H,21,23,27)(H,22,24,25,26)/t11-/m1/s1. The molecule has 4 rings (SSSR count). The maximum absolute atomic E-state index is 13.8. The van der Waals surface area contributed by atoms with Gasteiger partial charge in [-0.25, -0.2) is 29.3 Å². The molecule has 8 nitrogen and oxygen atoms in total. The van der Waals surface area contributed by atoms with Gasteiger partial charge in [0.25, 0.3) is 0 Å². The number of hydrogen-bond donors (Lipinski definition) is 3. The normalized spacial score (nSPS) is 11.9. The average molecular weight is 408 g/mol. The highest BCUT2D eigenvalue weighted by molar-refractivity contribution is 7.80. The summed E-state index contributed by atoms with van der Waals surface area (Å²) in [5.41, 5.74) is 3.43. The molecule has 0 unspecified atom stereocenters. The Morgan fingerprint density at radius 2 is 2.03 bits per heavy atom. The van der Waals surface area contributed by atoms with Gasteiger partial charge < -0.3 is 15.6 Å². The van der Waals surface area contributed by atoms with Gasteiger partial charge in [0.2, 0.25) is 0 Å². The Bertz CT molecular complexity index is 1150. The molecule has 10 heteroatoms. The number of H-pyrrole nitrogens is 1. The molecule has 0 aliphatic carbocycles. The Balaban J connectivity index is 1.51. The summed E-state index contributed by atoms with van der Waals surface area (Å²) in [5, 5.41) is 6.29. The van der Waals surface area contributed by atoms with Crippen LogP contribution in [-0.4, -0.2) is 34.9 Å². The maximum atomic E-state index is 13.8. The van der Waals surface area contributed by atoms with Crippen molar-refractivity contribution in [2.75, 3.05) is 10.6 Å². The number of halogens is 1. The summed E-state index contributed by atoms with van der Waals surface area (Å²) in [5.74, 6) is 0.160. The van der Waals surface area contributed by atoms with Crippen LogP contribution in [-0.2, 0) is 6.42 Å². The Labute approximate surface area is 171 Å². The van der Waals surface area contributed by atoms with E-state index in [2.05, 4.69) is 40.5 Å². The van der Waals surface area contributed by atoms with Crippen LogP contribution in [0.15, 0.2) is 49.4 Å². The minimum absolute atomic E-state index is 0.0247. The van der Waals surface area contributed by atoms with E-state index >= 15 is 0 Å². The number of fused-ring (bicyclic) bond motifs is 1. The van der Waals surface area contributed by atoms with Crippen LogP contribution < -0.4 is 10.6 Å². The van der Waals surface area contributed by atoms with Crippen LogP contribution in [0, 0.1) is 11.7 Å². The van der Waals surface area contributed by atoms with E-state index in [0.29, 0.717) is 34.2 Å². The van der Waals surface area contributed by atoms with Gasteiger partial charge >= 0.3 is 0 Å². The molecule has 1 aromatic carbocycles. The second-order valence-electron chi connectivity index (χ2n) is 6.43. The number of hydrogen-bond acceptors (Lipinski definition) is 7. The zero-order chi connectivity index (χ0) is 20.2. The van der Waals surface area contributed by atoms with Gasteiger partial charge in [-0.1, -0.05) is 19.1 Å². The number of aromatic amines is 1. The average Bonchev–Trinajstić information content (AvgIpc) is 3.20. The van der Waals surface area contributed by atoms with E-state index in [4.69, 9.17) is 12.2 Å². The van der Waals surface area contributed by atoms with Crippen molar-refractivity contribution < 1.29 is 4.39 Å². The first kappa shape index (κ1) is 18.8. The van der Waals surface area contributed by atoms with Crippen molar-refractivity contribution in [3.8, 4) is 0 Å². The van der Waals surface area contributed by atoms with E-state index in [1.54, 1.807) is 24.7 Å². The summed E-state index contributed by atoms with van der Waals surface area (Å²) >= 11 is 5.59.